The van der Waals surface area contributed by atoms with Crippen molar-refractivity contribution in [1.82, 2.24) is 0 Å². The monoisotopic (exact) mass is 170 g/mol. The molecule has 0 radical (unpaired) electrons. The number of ketones is 1. The van der Waals surface area contributed by atoms with E-state index in [1.54, 1.807) is 0 Å². The van der Waals surface area contributed by atoms with Gasteiger partial charge in [-0.2, -0.15) is 0 Å². The standard InChI is InChI=1S/C10H18O2/c1-2-6-9(11)10-7-4-3-5-8-12-10/h10H,2-8H2,1H3. The van der Waals surface area contributed by atoms with E-state index in [-0.39, 0.29) is 6.10 Å². The molecule has 0 saturated carbocycles. The van der Waals surface area contributed by atoms with Crippen LogP contribution < -0.4 is 0 Å². The summed E-state index contributed by atoms with van der Waals surface area (Å²) >= 11 is 0. The molecule has 1 heterocycles. The number of carbonyl (C=O) groups is 1. The number of hydrogen-bond acceptors (Lipinski definition) is 2. The highest BCUT2D eigenvalue weighted by Gasteiger charge is 2.19. The van der Waals surface area contributed by atoms with Crippen molar-refractivity contribution in [1.29, 1.82) is 0 Å². The molecule has 0 aromatic rings. The van der Waals surface area contributed by atoms with Crippen molar-refractivity contribution in [3.8, 4) is 0 Å². The van der Waals surface area contributed by atoms with Gasteiger partial charge in [0.05, 0.1) is 0 Å². The number of rotatable bonds is 3. The SMILES string of the molecule is CCCC(=O)C1CCCCCO1. The van der Waals surface area contributed by atoms with E-state index >= 15 is 0 Å². The van der Waals surface area contributed by atoms with Gasteiger partial charge in [-0.3, -0.25) is 4.79 Å². The molecule has 2 heteroatoms. The van der Waals surface area contributed by atoms with Gasteiger partial charge in [0, 0.05) is 13.0 Å². The first kappa shape index (κ1) is 9.72. The zero-order valence-corrected chi connectivity index (χ0v) is 7.84. The summed E-state index contributed by atoms with van der Waals surface area (Å²) in [6.07, 6.45) is 5.99. The number of hydrogen-bond donors (Lipinski definition) is 0. The summed E-state index contributed by atoms with van der Waals surface area (Å²) in [5.74, 6) is 0.305. The topological polar surface area (TPSA) is 26.3 Å². The van der Waals surface area contributed by atoms with Gasteiger partial charge in [0.15, 0.2) is 5.78 Å². The molecule has 0 spiro atoms. The number of Topliss-reactive ketones (excluding diaryl/α,β-unsaturated/α-hetero) is 1. The third-order valence-corrected chi connectivity index (χ3v) is 2.29. The van der Waals surface area contributed by atoms with Crippen LogP contribution in [-0.4, -0.2) is 18.5 Å². The molecule has 70 valence electrons. The largest absolute Gasteiger partial charge is 0.370 e. The maximum Gasteiger partial charge on any atom is 0.161 e. The fourth-order valence-corrected chi connectivity index (χ4v) is 1.58. The van der Waals surface area contributed by atoms with Crippen molar-refractivity contribution in [3.05, 3.63) is 0 Å². The molecular formula is C10H18O2. The fraction of sp³-hybridized carbons (Fsp3) is 0.900. The third kappa shape index (κ3) is 2.94. The minimum absolute atomic E-state index is 0.0764. The lowest BCUT2D eigenvalue weighted by Crippen LogP contribution is -2.23. The van der Waals surface area contributed by atoms with E-state index in [0.717, 1.165) is 32.3 Å². The summed E-state index contributed by atoms with van der Waals surface area (Å²) in [4.78, 5) is 11.4. The van der Waals surface area contributed by atoms with E-state index in [1.165, 1.54) is 6.42 Å². The summed E-state index contributed by atoms with van der Waals surface area (Å²) in [5.41, 5.74) is 0. The van der Waals surface area contributed by atoms with E-state index in [2.05, 4.69) is 0 Å². The smallest absolute Gasteiger partial charge is 0.161 e. The first-order valence-corrected chi connectivity index (χ1v) is 4.99. The van der Waals surface area contributed by atoms with Gasteiger partial charge in [-0.25, -0.2) is 0 Å². The van der Waals surface area contributed by atoms with E-state index in [9.17, 15) is 4.79 Å². The lowest BCUT2D eigenvalue weighted by Gasteiger charge is -2.12. The van der Waals surface area contributed by atoms with Gasteiger partial charge in [0.2, 0.25) is 0 Å². The van der Waals surface area contributed by atoms with Crippen LogP contribution in [0.25, 0.3) is 0 Å². The molecule has 1 aliphatic heterocycles. The molecule has 0 amide bonds. The first-order valence-electron chi connectivity index (χ1n) is 4.99. The molecule has 1 atom stereocenters. The van der Waals surface area contributed by atoms with Crippen LogP contribution in [0, 0.1) is 0 Å². The Morgan fingerprint density at radius 2 is 2.25 bits per heavy atom. The van der Waals surface area contributed by atoms with Crippen molar-refractivity contribution in [2.45, 2.75) is 51.6 Å². The summed E-state index contributed by atoms with van der Waals surface area (Å²) in [7, 11) is 0. The molecule has 12 heavy (non-hydrogen) atoms. The zero-order chi connectivity index (χ0) is 8.81. The highest BCUT2D eigenvalue weighted by Crippen LogP contribution is 2.15. The Balaban J connectivity index is 2.32. The summed E-state index contributed by atoms with van der Waals surface area (Å²) in [6.45, 7) is 2.81. The summed E-state index contributed by atoms with van der Waals surface area (Å²) in [5, 5.41) is 0. The zero-order valence-electron chi connectivity index (χ0n) is 7.84. The van der Waals surface area contributed by atoms with Crippen LogP contribution in [0.15, 0.2) is 0 Å². The average molecular weight is 170 g/mol. The number of carbonyl (C=O) groups excluding carboxylic acids is 1. The van der Waals surface area contributed by atoms with Crippen LogP contribution in [0.5, 0.6) is 0 Å². The Kier molecular flexibility index (Phi) is 4.30. The highest BCUT2D eigenvalue weighted by atomic mass is 16.5. The van der Waals surface area contributed by atoms with E-state index in [1.807, 2.05) is 6.92 Å². The van der Waals surface area contributed by atoms with Crippen molar-refractivity contribution in [2.75, 3.05) is 6.61 Å². The normalized spacial score (nSPS) is 24.9. The Morgan fingerprint density at radius 1 is 1.42 bits per heavy atom. The van der Waals surface area contributed by atoms with Gasteiger partial charge in [0.25, 0.3) is 0 Å². The van der Waals surface area contributed by atoms with E-state index < -0.39 is 0 Å². The minimum atomic E-state index is -0.0764. The van der Waals surface area contributed by atoms with Crippen LogP contribution in [0.4, 0.5) is 0 Å². The van der Waals surface area contributed by atoms with E-state index in [0.29, 0.717) is 12.2 Å². The second-order valence-corrected chi connectivity index (χ2v) is 3.43. The Bertz CT molecular complexity index is 135. The van der Waals surface area contributed by atoms with Gasteiger partial charge in [-0.15, -0.1) is 0 Å². The predicted octanol–water partition coefficient (Wildman–Crippen LogP) is 2.31. The third-order valence-electron chi connectivity index (χ3n) is 2.29. The van der Waals surface area contributed by atoms with Gasteiger partial charge >= 0.3 is 0 Å². The average Bonchev–Trinajstić information content (AvgIpc) is 2.32. The molecule has 1 fully saturated rings. The lowest BCUT2D eigenvalue weighted by atomic mass is 10.1. The fourth-order valence-electron chi connectivity index (χ4n) is 1.58. The van der Waals surface area contributed by atoms with Crippen molar-refractivity contribution in [2.24, 2.45) is 0 Å². The van der Waals surface area contributed by atoms with Gasteiger partial charge < -0.3 is 4.74 Å². The van der Waals surface area contributed by atoms with Crippen LogP contribution >= 0.6 is 0 Å². The molecule has 0 aliphatic carbocycles. The molecule has 0 aromatic heterocycles. The van der Waals surface area contributed by atoms with Gasteiger partial charge in [-0.05, 0) is 19.3 Å². The predicted molar refractivity (Wildman–Crippen MR) is 48.1 cm³/mol. The molecule has 0 aromatic carbocycles. The molecule has 0 N–H and O–H groups in total. The second-order valence-electron chi connectivity index (χ2n) is 3.43. The maximum absolute atomic E-state index is 11.4. The molecule has 2 nitrogen and oxygen atoms in total. The van der Waals surface area contributed by atoms with Gasteiger partial charge in [-0.1, -0.05) is 19.8 Å². The van der Waals surface area contributed by atoms with Crippen molar-refractivity contribution < 1.29 is 9.53 Å². The van der Waals surface area contributed by atoms with Crippen molar-refractivity contribution in [3.63, 3.8) is 0 Å². The van der Waals surface area contributed by atoms with Crippen LogP contribution in [0.1, 0.15) is 45.4 Å². The minimum Gasteiger partial charge on any atom is -0.370 e. The lowest BCUT2D eigenvalue weighted by molar-refractivity contribution is -0.130. The van der Waals surface area contributed by atoms with Crippen LogP contribution in [0.2, 0.25) is 0 Å². The van der Waals surface area contributed by atoms with Gasteiger partial charge in [0.1, 0.15) is 6.10 Å². The molecule has 0 bridgehead atoms. The maximum atomic E-state index is 11.4. The molecular weight excluding hydrogens is 152 g/mol. The first-order chi connectivity index (χ1) is 5.84. The molecule has 1 aliphatic rings. The molecule has 1 unspecified atom stereocenters. The summed E-state index contributed by atoms with van der Waals surface area (Å²) in [6, 6.07) is 0. The van der Waals surface area contributed by atoms with E-state index in [4.69, 9.17) is 4.74 Å². The summed E-state index contributed by atoms with van der Waals surface area (Å²) < 4.78 is 5.47. The second kappa shape index (κ2) is 5.31. The molecule has 1 saturated heterocycles. The Labute approximate surface area is 74.3 Å². The Hall–Kier alpha value is -0.370. The highest BCUT2D eigenvalue weighted by molar-refractivity contribution is 5.82. The van der Waals surface area contributed by atoms with Crippen LogP contribution in [0.3, 0.4) is 0 Å². The van der Waals surface area contributed by atoms with Crippen molar-refractivity contribution >= 4 is 5.78 Å². The quantitative estimate of drug-likeness (QED) is 0.649. The molecule has 1 rings (SSSR count). The van der Waals surface area contributed by atoms with Crippen LogP contribution in [-0.2, 0) is 9.53 Å². The number of ether oxygens (including phenoxy) is 1. The Morgan fingerprint density at radius 3 is 3.00 bits per heavy atom.